The molecule has 0 radical (unpaired) electrons. The Labute approximate surface area is 118 Å². The van der Waals surface area contributed by atoms with Crippen LogP contribution in [0.4, 0.5) is 14.6 Å². The highest BCUT2D eigenvalue weighted by molar-refractivity contribution is 5.50. The van der Waals surface area contributed by atoms with Crippen LogP contribution in [0.3, 0.4) is 0 Å². The first-order valence-electron chi connectivity index (χ1n) is 6.88. The molecule has 0 amide bonds. The highest BCUT2D eigenvalue weighted by atomic mass is 19.3. The lowest BCUT2D eigenvalue weighted by Gasteiger charge is -2.25. The highest BCUT2D eigenvalue weighted by Gasteiger charge is 2.21. The summed E-state index contributed by atoms with van der Waals surface area (Å²) in [6.07, 6.45) is -1.44. The normalized spacial score (nSPS) is 11.3. The molecule has 1 aromatic heterocycles. The zero-order chi connectivity index (χ0) is 15.1. The number of halogens is 2. The molecule has 2 N–H and O–H groups in total. The highest BCUT2D eigenvalue weighted by Crippen LogP contribution is 2.23. The maximum atomic E-state index is 12.7. The van der Waals surface area contributed by atoms with Crippen LogP contribution >= 0.6 is 0 Å². The molecule has 0 unspecified atom stereocenters. The van der Waals surface area contributed by atoms with Crippen molar-refractivity contribution in [2.75, 3.05) is 31.1 Å². The van der Waals surface area contributed by atoms with Crippen molar-refractivity contribution in [2.24, 2.45) is 7.05 Å². The molecule has 0 aromatic carbocycles. The molecule has 0 spiro atoms. The summed E-state index contributed by atoms with van der Waals surface area (Å²) in [4.78, 5) is 1.49. The first-order valence-corrected chi connectivity index (χ1v) is 6.88. The molecule has 0 atom stereocenters. The number of hydrogen-bond donors (Lipinski definition) is 2. The van der Waals surface area contributed by atoms with Gasteiger partial charge in [0.25, 0.3) is 6.43 Å². The smallest absolute Gasteiger partial charge is 0.255 e. The van der Waals surface area contributed by atoms with E-state index in [2.05, 4.69) is 17.3 Å². The molecule has 1 rings (SSSR count). The Morgan fingerprint density at radius 1 is 1.45 bits per heavy atom. The van der Waals surface area contributed by atoms with Crippen LogP contribution < -0.4 is 10.2 Å². The lowest BCUT2D eigenvalue weighted by Crippen LogP contribution is -2.34. The van der Waals surface area contributed by atoms with E-state index in [0.29, 0.717) is 12.4 Å². The number of aliphatic hydroxyl groups excluding tert-OH is 1. The van der Waals surface area contributed by atoms with Crippen LogP contribution in [0.5, 0.6) is 0 Å². The Morgan fingerprint density at radius 2 is 2.15 bits per heavy atom. The van der Waals surface area contributed by atoms with E-state index < -0.39 is 13.0 Å². The minimum absolute atomic E-state index is 0.168. The minimum Gasteiger partial charge on any atom is -0.395 e. The summed E-state index contributed by atoms with van der Waals surface area (Å²) >= 11 is 0. The maximum Gasteiger partial charge on any atom is 0.255 e. The maximum absolute atomic E-state index is 12.7. The van der Waals surface area contributed by atoms with Crippen LogP contribution in [-0.4, -0.2) is 47.6 Å². The number of alkyl halides is 2. The van der Waals surface area contributed by atoms with Crippen LogP contribution in [0.25, 0.3) is 0 Å². The van der Waals surface area contributed by atoms with Gasteiger partial charge in [-0.2, -0.15) is 5.10 Å². The van der Waals surface area contributed by atoms with Gasteiger partial charge in [0.05, 0.1) is 18.8 Å². The molecule has 5 nitrogen and oxygen atoms in total. The zero-order valence-corrected chi connectivity index (χ0v) is 12.4. The Balaban J connectivity index is 2.99. The van der Waals surface area contributed by atoms with Crippen LogP contribution in [0.2, 0.25) is 0 Å². The average molecular weight is 290 g/mol. The molecular formula is C13H24F2N4O. The van der Waals surface area contributed by atoms with Crippen molar-refractivity contribution in [3.8, 4) is 0 Å². The van der Waals surface area contributed by atoms with Crippen molar-refractivity contribution in [3.05, 3.63) is 11.3 Å². The molecule has 116 valence electrons. The van der Waals surface area contributed by atoms with Gasteiger partial charge in [0.2, 0.25) is 0 Å². The third kappa shape index (κ3) is 4.42. The monoisotopic (exact) mass is 290 g/mol. The molecule has 0 saturated heterocycles. The first-order chi connectivity index (χ1) is 9.51. The summed E-state index contributed by atoms with van der Waals surface area (Å²) in [5.41, 5.74) is 1.73. The minimum atomic E-state index is -2.45. The van der Waals surface area contributed by atoms with Gasteiger partial charge in [0.1, 0.15) is 5.82 Å². The van der Waals surface area contributed by atoms with E-state index in [9.17, 15) is 8.78 Å². The quantitative estimate of drug-likeness (QED) is 0.673. The number of aliphatic hydroxyl groups is 1. The standard InChI is InChI=1S/C13H24F2N4O/c1-4-5-16-8-11-10(2)17-18(3)13(11)19(6-7-20)9-12(14)15/h12,16,20H,4-9H2,1-3H3. The second kappa shape index (κ2) is 8.16. The SMILES string of the molecule is CCCNCc1c(C)nn(C)c1N(CCO)CC(F)F. The summed E-state index contributed by atoms with van der Waals surface area (Å²) in [5, 5.41) is 16.7. The molecule has 1 heterocycles. The molecule has 7 heteroatoms. The lowest BCUT2D eigenvalue weighted by atomic mass is 10.2. The third-order valence-electron chi connectivity index (χ3n) is 3.07. The predicted octanol–water partition coefficient (Wildman–Crippen LogP) is 1.29. The molecule has 1 aromatic rings. The van der Waals surface area contributed by atoms with Gasteiger partial charge in [0.15, 0.2) is 0 Å². The summed E-state index contributed by atoms with van der Waals surface area (Å²) in [5.74, 6) is 0.653. The van der Waals surface area contributed by atoms with Gasteiger partial charge >= 0.3 is 0 Å². The summed E-state index contributed by atoms with van der Waals surface area (Å²) in [6.45, 7) is 4.99. The van der Waals surface area contributed by atoms with Crippen molar-refractivity contribution in [1.29, 1.82) is 0 Å². The predicted molar refractivity (Wildman–Crippen MR) is 75.2 cm³/mol. The molecule has 0 aliphatic carbocycles. The van der Waals surface area contributed by atoms with Gasteiger partial charge in [-0.05, 0) is 19.9 Å². The van der Waals surface area contributed by atoms with Gasteiger partial charge in [-0.25, -0.2) is 8.78 Å². The number of nitrogens with zero attached hydrogens (tertiary/aromatic N) is 3. The fourth-order valence-corrected chi connectivity index (χ4v) is 2.25. The Morgan fingerprint density at radius 3 is 2.70 bits per heavy atom. The number of nitrogens with one attached hydrogen (secondary N) is 1. The van der Waals surface area contributed by atoms with Gasteiger partial charge in [-0.3, -0.25) is 4.68 Å². The third-order valence-corrected chi connectivity index (χ3v) is 3.07. The summed E-state index contributed by atoms with van der Waals surface area (Å²) < 4.78 is 27.0. The molecule has 20 heavy (non-hydrogen) atoms. The number of aromatic nitrogens is 2. The Kier molecular flexibility index (Phi) is 6.87. The van der Waals surface area contributed by atoms with E-state index in [1.807, 2.05) is 6.92 Å². The topological polar surface area (TPSA) is 53.3 Å². The number of hydrogen-bond acceptors (Lipinski definition) is 4. The van der Waals surface area contributed by atoms with Crippen molar-refractivity contribution < 1.29 is 13.9 Å². The molecule has 0 saturated carbocycles. The molecule has 0 aliphatic heterocycles. The van der Waals surface area contributed by atoms with Crippen molar-refractivity contribution in [3.63, 3.8) is 0 Å². The molecular weight excluding hydrogens is 266 g/mol. The summed E-state index contributed by atoms with van der Waals surface area (Å²) in [7, 11) is 1.74. The van der Waals surface area contributed by atoms with E-state index in [0.717, 1.165) is 24.2 Å². The van der Waals surface area contributed by atoms with Crippen LogP contribution in [0, 0.1) is 6.92 Å². The van der Waals surface area contributed by atoms with Gasteiger partial charge in [-0.15, -0.1) is 0 Å². The first kappa shape index (κ1) is 16.8. The molecule has 0 aliphatic rings. The van der Waals surface area contributed by atoms with E-state index in [-0.39, 0.29) is 13.2 Å². The van der Waals surface area contributed by atoms with Gasteiger partial charge < -0.3 is 15.3 Å². The molecule has 0 fully saturated rings. The Hall–Kier alpha value is -1.21. The van der Waals surface area contributed by atoms with E-state index >= 15 is 0 Å². The lowest BCUT2D eigenvalue weighted by molar-refractivity contribution is 0.152. The number of aryl methyl sites for hydroxylation is 2. The van der Waals surface area contributed by atoms with E-state index in [1.54, 1.807) is 11.7 Å². The number of anilines is 1. The Bertz CT molecular complexity index is 409. The average Bonchev–Trinajstić information content (AvgIpc) is 2.63. The van der Waals surface area contributed by atoms with Gasteiger partial charge in [0, 0.05) is 25.7 Å². The number of rotatable bonds is 9. The van der Waals surface area contributed by atoms with Crippen LogP contribution in [0.15, 0.2) is 0 Å². The fraction of sp³-hybridized carbons (Fsp3) is 0.769. The second-order valence-electron chi connectivity index (χ2n) is 4.75. The van der Waals surface area contributed by atoms with E-state index in [1.165, 1.54) is 4.90 Å². The van der Waals surface area contributed by atoms with E-state index in [4.69, 9.17) is 5.11 Å². The molecule has 0 bridgehead atoms. The zero-order valence-electron chi connectivity index (χ0n) is 12.4. The van der Waals surface area contributed by atoms with Crippen LogP contribution in [0.1, 0.15) is 24.6 Å². The van der Waals surface area contributed by atoms with Crippen LogP contribution in [-0.2, 0) is 13.6 Å². The second-order valence-corrected chi connectivity index (χ2v) is 4.75. The van der Waals surface area contributed by atoms with Crippen molar-refractivity contribution in [2.45, 2.75) is 33.2 Å². The van der Waals surface area contributed by atoms with Crippen molar-refractivity contribution in [1.82, 2.24) is 15.1 Å². The fourth-order valence-electron chi connectivity index (χ4n) is 2.25. The summed E-state index contributed by atoms with van der Waals surface area (Å²) in [6, 6.07) is 0. The largest absolute Gasteiger partial charge is 0.395 e. The van der Waals surface area contributed by atoms with Crippen molar-refractivity contribution >= 4 is 5.82 Å². The van der Waals surface area contributed by atoms with Gasteiger partial charge in [-0.1, -0.05) is 6.92 Å².